The van der Waals surface area contributed by atoms with Crippen molar-refractivity contribution >= 4 is 5.91 Å². The Hall–Kier alpha value is -2.17. The van der Waals surface area contributed by atoms with Gasteiger partial charge in [-0.25, -0.2) is 4.98 Å². The number of aryl methyl sites for hydroxylation is 1. The molecule has 20 heavy (non-hydrogen) atoms. The van der Waals surface area contributed by atoms with Crippen LogP contribution in [-0.2, 0) is 13.0 Å². The number of carbonyl (C=O) groups excluding carboxylic acids is 1. The molecule has 0 atom stereocenters. The molecule has 5 heteroatoms. The van der Waals surface area contributed by atoms with Gasteiger partial charge >= 0.3 is 0 Å². The molecule has 0 spiro atoms. The standard InChI is InChI=1S/C15H17N3O2/c1-2-13-14(18-9-20-13)15(19)17-8-12-6-5-11(7-16-12)10-3-4-10/h5-7,9-10H,2-4,8H2,1H3,(H,17,19). The van der Waals surface area contributed by atoms with E-state index < -0.39 is 0 Å². The zero-order chi connectivity index (χ0) is 13.9. The molecule has 1 saturated carbocycles. The van der Waals surface area contributed by atoms with Crippen LogP contribution < -0.4 is 5.32 Å². The number of carbonyl (C=O) groups is 1. The Labute approximate surface area is 117 Å². The van der Waals surface area contributed by atoms with Crippen molar-refractivity contribution in [1.82, 2.24) is 15.3 Å². The molecule has 1 aliphatic rings. The van der Waals surface area contributed by atoms with Crippen LogP contribution in [0.3, 0.4) is 0 Å². The smallest absolute Gasteiger partial charge is 0.273 e. The molecular formula is C15H17N3O2. The maximum atomic E-state index is 12.0. The van der Waals surface area contributed by atoms with Gasteiger partial charge in [0.15, 0.2) is 12.1 Å². The summed E-state index contributed by atoms with van der Waals surface area (Å²) in [5.41, 5.74) is 2.51. The molecule has 1 fully saturated rings. The molecular weight excluding hydrogens is 254 g/mol. The Morgan fingerprint density at radius 3 is 2.90 bits per heavy atom. The first-order chi connectivity index (χ1) is 9.78. The van der Waals surface area contributed by atoms with E-state index in [4.69, 9.17) is 4.42 Å². The van der Waals surface area contributed by atoms with Gasteiger partial charge in [0, 0.05) is 12.6 Å². The summed E-state index contributed by atoms with van der Waals surface area (Å²) >= 11 is 0. The lowest BCUT2D eigenvalue weighted by Gasteiger charge is -2.04. The molecule has 5 nitrogen and oxygen atoms in total. The summed E-state index contributed by atoms with van der Waals surface area (Å²) in [5.74, 6) is 1.09. The van der Waals surface area contributed by atoms with Crippen molar-refractivity contribution in [2.45, 2.75) is 38.6 Å². The third-order valence-corrected chi connectivity index (χ3v) is 3.50. The number of nitrogens with zero attached hydrogens (tertiary/aromatic N) is 2. The Balaban J connectivity index is 1.59. The number of hydrogen-bond donors (Lipinski definition) is 1. The molecule has 3 rings (SSSR count). The number of nitrogens with one attached hydrogen (secondary N) is 1. The molecule has 2 aromatic rings. The van der Waals surface area contributed by atoms with Crippen LogP contribution >= 0.6 is 0 Å². The van der Waals surface area contributed by atoms with Gasteiger partial charge in [-0.3, -0.25) is 9.78 Å². The van der Waals surface area contributed by atoms with Crippen LogP contribution in [0.2, 0.25) is 0 Å². The van der Waals surface area contributed by atoms with E-state index in [1.54, 1.807) is 0 Å². The summed E-state index contributed by atoms with van der Waals surface area (Å²) in [6, 6.07) is 4.07. The summed E-state index contributed by atoms with van der Waals surface area (Å²) in [6.07, 6.45) is 6.40. The first kappa shape index (κ1) is 12.8. The molecule has 0 bridgehead atoms. The third-order valence-electron chi connectivity index (χ3n) is 3.50. The van der Waals surface area contributed by atoms with Crippen LogP contribution in [0.1, 0.15) is 53.2 Å². The predicted molar refractivity (Wildman–Crippen MR) is 73.3 cm³/mol. The first-order valence-corrected chi connectivity index (χ1v) is 6.93. The quantitative estimate of drug-likeness (QED) is 0.907. The van der Waals surface area contributed by atoms with Gasteiger partial charge in [-0.2, -0.15) is 0 Å². The Morgan fingerprint density at radius 2 is 2.25 bits per heavy atom. The minimum absolute atomic E-state index is 0.219. The van der Waals surface area contributed by atoms with Gasteiger partial charge in [0.2, 0.25) is 0 Å². The SMILES string of the molecule is CCc1ocnc1C(=O)NCc1ccc(C2CC2)cn1. The summed E-state index contributed by atoms with van der Waals surface area (Å²) < 4.78 is 5.15. The molecule has 2 aromatic heterocycles. The molecule has 0 aliphatic heterocycles. The van der Waals surface area contributed by atoms with E-state index in [-0.39, 0.29) is 5.91 Å². The molecule has 0 aromatic carbocycles. The van der Waals surface area contributed by atoms with E-state index in [2.05, 4.69) is 21.4 Å². The second kappa shape index (κ2) is 5.45. The van der Waals surface area contributed by atoms with E-state index in [1.165, 1.54) is 24.8 Å². The number of pyridine rings is 1. The normalized spacial score (nSPS) is 14.2. The second-order valence-electron chi connectivity index (χ2n) is 5.02. The third kappa shape index (κ3) is 2.71. The monoisotopic (exact) mass is 271 g/mol. The highest BCUT2D eigenvalue weighted by atomic mass is 16.3. The molecule has 1 N–H and O–H groups in total. The number of hydrogen-bond acceptors (Lipinski definition) is 4. The lowest BCUT2D eigenvalue weighted by Crippen LogP contribution is -2.24. The van der Waals surface area contributed by atoms with E-state index >= 15 is 0 Å². The fourth-order valence-corrected chi connectivity index (χ4v) is 2.16. The molecule has 2 heterocycles. The van der Waals surface area contributed by atoms with Crippen molar-refractivity contribution in [1.29, 1.82) is 0 Å². The van der Waals surface area contributed by atoms with Gasteiger partial charge in [0.1, 0.15) is 5.76 Å². The highest BCUT2D eigenvalue weighted by molar-refractivity contribution is 5.93. The molecule has 0 unspecified atom stereocenters. The van der Waals surface area contributed by atoms with Crippen molar-refractivity contribution in [2.24, 2.45) is 0 Å². The summed E-state index contributed by atoms with van der Waals surface area (Å²) in [6.45, 7) is 2.33. The molecule has 0 saturated heterocycles. The van der Waals surface area contributed by atoms with E-state index in [9.17, 15) is 4.79 Å². The Kier molecular flexibility index (Phi) is 3.50. The van der Waals surface area contributed by atoms with Crippen LogP contribution in [0.5, 0.6) is 0 Å². The predicted octanol–water partition coefficient (Wildman–Crippen LogP) is 2.44. The topological polar surface area (TPSA) is 68.0 Å². The fraction of sp³-hybridized carbons (Fsp3) is 0.400. The van der Waals surface area contributed by atoms with Crippen LogP contribution in [0.4, 0.5) is 0 Å². The van der Waals surface area contributed by atoms with Crippen LogP contribution in [0.25, 0.3) is 0 Å². The number of amides is 1. The molecule has 104 valence electrons. The van der Waals surface area contributed by atoms with Crippen molar-refractivity contribution in [3.05, 3.63) is 47.4 Å². The number of oxazole rings is 1. The summed E-state index contributed by atoms with van der Waals surface area (Å²) in [5, 5.41) is 2.82. The van der Waals surface area contributed by atoms with Crippen LogP contribution in [0.15, 0.2) is 29.1 Å². The van der Waals surface area contributed by atoms with Gasteiger partial charge in [0.25, 0.3) is 5.91 Å². The lowest BCUT2D eigenvalue weighted by molar-refractivity contribution is 0.0944. The highest BCUT2D eigenvalue weighted by Crippen LogP contribution is 2.39. The zero-order valence-corrected chi connectivity index (χ0v) is 11.4. The zero-order valence-electron chi connectivity index (χ0n) is 11.4. The Bertz CT molecular complexity index is 600. The molecule has 0 radical (unpaired) electrons. The maximum absolute atomic E-state index is 12.0. The number of rotatable bonds is 5. The van der Waals surface area contributed by atoms with E-state index in [0.717, 1.165) is 5.69 Å². The second-order valence-corrected chi connectivity index (χ2v) is 5.02. The minimum atomic E-state index is -0.219. The van der Waals surface area contributed by atoms with Crippen LogP contribution in [0, 0.1) is 0 Å². The summed E-state index contributed by atoms with van der Waals surface area (Å²) in [7, 11) is 0. The van der Waals surface area contributed by atoms with Crippen molar-refractivity contribution < 1.29 is 9.21 Å². The average molecular weight is 271 g/mol. The molecule has 1 amide bonds. The van der Waals surface area contributed by atoms with E-state index in [0.29, 0.717) is 30.3 Å². The van der Waals surface area contributed by atoms with Gasteiger partial charge in [-0.15, -0.1) is 0 Å². The van der Waals surface area contributed by atoms with E-state index in [1.807, 2.05) is 19.2 Å². The van der Waals surface area contributed by atoms with Gasteiger partial charge in [-0.1, -0.05) is 13.0 Å². The largest absolute Gasteiger partial charge is 0.448 e. The van der Waals surface area contributed by atoms with Crippen molar-refractivity contribution in [2.75, 3.05) is 0 Å². The van der Waals surface area contributed by atoms with Crippen molar-refractivity contribution in [3.8, 4) is 0 Å². The Morgan fingerprint density at radius 1 is 1.40 bits per heavy atom. The van der Waals surface area contributed by atoms with Crippen molar-refractivity contribution in [3.63, 3.8) is 0 Å². The lowest BCUT2D eigenvalue weighted by atomic mass is 10.2. The fourth-order valence-electron chi connectivity index (χ4n) is 2.16. The van der Waals surface area contributed by atoms with Gasteiger partial charge in [0.05, 0.1) is 12.2 Å². The first-order valence-electron chi connectivity index (χ1n) is 6.93. The van der Waals surface area contributed by atoms with Gasteiger partial charge < -0.3 is 9.73 Å². The summed E-state index contributed by atoms with van der Waals surface area (Å²) in [4.78, 5) is 20.3. The average Bonchev–Trinajstić information content (AvgIpc) is 3.22. The van der Waals surface area contributed by atoms with Crippen LogP contribution in [-0.4, -0.2) is 15.9 Å². The maximum Gasteiger partial charge on any atom is 0.273 e. The minimum Gasteiger partial charge on any atom is -0.448 e. The number of aromatic nitrogens is 2. The van der Waals surface area contributed by atoms with Gasteiger partial charge in [-0.05, 0) is 30.4 Å². The highest BCUT2D eigenvalue weighted by Gasteiger charge is 2.23. The molecule has 1 aliphatic carbocycles.